The molecule has 1 heterocycles. The van der Waals surface area contributed by atoms with Gasteiger partial charge in [0.05, 0.1) is 11.7 Å². The summed E-state index contributed by atoms with van der Waals surface area (Å²) in [6.45, 7) is 0. The molecule has 2 aromatic rings. The number of anilines is 1. The molecule has 23 heavy (non-hydrogen) atoms. The van der Waals surface area contributed by atoms with Crippen molar-refractivity contribution in [3.8, 4) is 0 Å². The number of amides is 1. The molecule has 5 heteroatoms. The molecular weight excluding hydrogens is 306 g/mol. The maximum Gasteiger partial charge on any atom is 0.243 e. The number of carbonyl (C=O) groups excluding carboxylic acids is 1. The molecule has 1 aliphatic rings. The van der Waals surface area contributed by atoms with Crippen molar-refractivity contribution in [3.05, 3.63) is 46.5 Å². The Kier molecular flexibility index (Phi) is 5.41. The van der Waals surface area contributed by atoms with Gasteiger partial charge in [0.15, 0.2) is 5.13 Å². The SMILES string of the molecule is N[C@@H](Cc1ccccc1)C(=O)Nc1nc2c(s1)CCCCCC2. The molecule has 0 spiro atoms. The van der Waals surface area contributed by atoms with E-state index in [0.29, 0.717) is 11.6 Å². The van der Waals surface area contributed by atoms with Crippen molar-refractivity contribution in [2.45, 2.75) is 51.0 Å². The van der Waals surface area contributed by atoms with Crippen molar-refractivity contribution in [1.29, 1.82) is 0 Å². The van der Waals surface area contributed by atoms with Crippen LogP contribution in [-0.2, 0) is 24.1 Å². The summed E-state index contributed by atoms with van der Waals surface area (Å²) < 4.78 is 0. The lowest BCUT2D eigenvalue weighted by atomic mass is 10.0. The quantitative estimate of drug-likeness (QED) is 0.904. The largest absolute Gasteiger partial charge is 0.320 e. The number of benzene rings is 1. The fourth-order valence-corrected chi connectivity index (χ4v) is 3.97. The highest BCUT2D eigenvalue weighted by Crippen LogP contribution is 2.28. The first kappa shape index (κ1) is 16.1. The van der Waals surface area contributed by atoms with Gasteiger partial charge in [-0.15, -0.1) is 11.3 Å². The third kappa shape index (κ3) is 4.39. The van der Waals surface area contributed by atoms with E-state index in [-0.39, 0.29) is 5.91 Å². The van der Waals surface area contributed by atoms with Crippen LogP contribution in [0.25, 0.3) is 0 Å². The second kappa shape index (κ2) is 7.70. The minimum Gasteiger partial charge on any atom is -0.320 e. The summed E-state index contributed by atoms with van der Waals surface area (Å²) in [5.74, 6) is -0.157. The minimum absolute atomic E-state index is 0.157. The highest BCUT2D eigenvalue weighted by Gasteiger charge is 2.18. The maximum absolute atomic E-state index is 12.3. The van der Waals surface area contributed by atoms with Crippen LogP contribution < -0.4 is 11.1 Å². The number of aromatic nitrogens is 1. The number of carbonyl (C=O) groups is 1. The number of thiazole rings is 1. The smallest absolute Gasteiger partial charge is 0.243 e. The molecule has 3 rings (SSSR count). The fraction of sp³-hybridized carbons (Fsp3) is 0.444. The van der Waals surface area contributed by atoms with Crippen molar-refractivity contribution in [2.75, 3.05) is 5.32 Å². The summed E-state index contributed by atoms with van der Waals surface area (Å²) in [6.07, 6.45) is 7.63. The molecule has 1 aliphatic carbocycles. The Bertz CT molecular complexity index is 628. The Balaban J connectivity index is 1.62. The van der Waals surface area contributed by atoms with Gasteiger partial charge in [0.1, 0.15) is 0 Å². The van der Waals surface area contributed by atoms with Crippen molar-refractivity contribution < 1.29 is 4.79 Å². The van der Waals surface area contributed by atoms with Gasteiger partial charge in [0.25, 0.3) is 0 Å². The van der Waals surface area contributed by atoms with Crippen LogP contribution in [0.1, 0.15) is 41.8 Å². The Hall–Kier alpha value is -1.72. The van der Waals surface area contributed by atoms with Crippen molar-refractivity contribution >= 4 is 22.4 Å². The molecule has 0 bridgehead atoms. The molecule has 122 valence electrons. The molecular formula is C18H23N3OS. The van der Waals surface area contributed by atoms with Gasteiger partial charge in [0.2, 0.25) is 5.91 Å². The van der Waals surface area contributed by atoms with Gasteiger partial charge in [-0.3, -0.25) is 4.79 Å². The molecule has 0 aliphatic heterocycles. The first-order chi connectivity index (χ1) is 11.2. The maximum atomic E-state index is 12.3. The van der Waals surface area contributed by atoms with E-state index >= 15 is 0 Å². The zero-order valence-electron chi connectivity index (χ0n) is 13.3. The van der Waals surface area contributed by atoms with Crippen molar-refractivity contribution in [1.82, 2.24) is 4.98 Å². The zero-order chi connectivity index (χ0) is 16.1. The van der Waals surface area contributed by atoms with E-state index in [9.17, 15) is 4.79 Å². The number of nitrogens with one attached hydrogen (secondary N) is 1. The number of nitrogens with two attached hydrogens (primary N) is 1. The summed E-state index contributed by atoms with van der Waals surface area (Å²) in [5.41, 5.74) is 8.27. The van der Waals surface area contributed by atoms with Gasteiger partial charge in [-0.1, -0.05) is 43.2 Å². The first-order valence-electron chi connectivity index (χ1n) is 8.31. The highest BCUT2D eigenvalue weighted by molar-refractivity contribution is 7.15. The third-order valence-electron chi connectivity index (χ3n) is 4.21. The zero-order valence-corrected chi connectivity index (χ0v) is 14.1. The number of nitrogens with zero attached hydrogens (tertiary/aromatic N) is 1. The van der Waals surface area contributed by atoms with Gasteiger partial charge in [-0.25, -0.2) is 4.98 Å². The molecule has 0 radical (unpaired) electrons. The molecule has 1 amide bonds. The first-order valence-corrected chi connectivity index (χ1v) is 9.13. The minimum atomic E-state index is -0.552. The van der Waals surface area contributed by atoms with Crippen LogP contribution in [0.4, 0.5) is 5.13 Å². The van der Waals surface area contributed by atoms with Crippen LogP contribution in [0.2, 0.25) is 0 Å². The van der Waals surface area contributed by atoms with Crippen LogP contribution in [0.15, 0.2) is 30.3 Å². The van der Waals surface area contributed by atoms with Gasteiger partial charge in [-0.2, -0.15) is 0 Å². The van der Waals surface area contributed by atoms with Crippen LogP contribution >= 0.6 is 11.3 Å². The summed E-state index contributed by atoms with van der Waals surface area (Å²) in [6, 6.07) is 9.30. The number of hydrogen-bond acceptors (Lipinski definition) is 4. The Morgan fingerprint density at radius 3 is 2.70 bits per heavy atom. The average molecular weight is 329 g/mol. The summed E-state index contributed by atoms with van der Waals surface area (Å²) in [5, 5.41) is 3.60. The highest BCUT2D eigenvalue weighted by atomic mass is 32.1. The van der Waals surface area contributed by atoms with E-state index in [2.05, 4.69) is 10.3 Å². The van der Waals surface area contributed by atoms with E-state index in [1.807, 2.05) is 30.3 Å². The number of rotatable bonds is 4. The van der Waals surface area contributed by atoms with Crippen LogP contribution in [-0.4, -0.2) is 16.9 Å². The molecule has 1 aromatic heterocycles. The fourth-order valence-electron chi connectivity index (χ4n) is 2.92. The Morgan fingerprint density at radius 2 is 1.91 bits per heavy atom. The predicted molar refractivity (Wildman–Crippen MR) is 94.7 cm³/mol. The van der Waals surface area contributed by atoms with Gasteiger partial charge < -0.3 is 11.1 Å². The van der Waals surface area contributed by atoms with Gasteiger partial charge in [0, 0.05) is 4.88 Å². The summed E-state index contributed by atoms with van der Waals surface area (Å²) >= 11 is 1.61. The van der Waals surface area contributed by atoms with Crippen LogP contribution in [0.5, 0.6) is 0 Å². The lowest BCUT2D eigenvalue weighted by molar-refractivity contribution is -0.117. The normalized spacial score (nSPS) is 16.0. The number of hydrogen-bond donors (Lipinski definition) is 2. The molecule has 0 fully saturated rings. The third-order valence-corrected chi connectivity index (χ3v) is 5.28. The number of aryl methyl sites for hydroxylation is 2. The van der Waals surface area contributed by atoms with E-state index < -0.39 is 6.04 Å². The number of fused-ring (bicyclic) bond motifs is 1. The second-order valence-electron chi connectivity index (χ2n) is 6.09. The van der Waals surface area contributed by atoms with Crippen molar-refractivity contribution in [3.63, 3.8) is 0 Å². The molecule has 4 nitrogen and oxygen atoms in total. The van der Waals surface area contributed by atoms with Crippen LogP contribution in [0, 0.1) is 0 Å². The molecule has 0 saturated heterocycles. The molecule has 1 aromatic carbocycles. The lowest BCUT2D eigenvalue weighted by Crippen LogP contribution is -2.37. The molecule has 1 atom stereocenters. The van der Waals surface area contributed by atoms with Crippen LogP contribution in [0.3, 0.4) is 0 Å². The molecule has 3 N–H and O–H groups in total. The lowest BCUT2D eigenvalue weighted by Gasteiger charge is -2.10. The summed E-state index contributed by atoms with van der Waals surface area (Å²) in [4.78, 5) is 18.2. The second-order valence-corrected chi connectivity index (χ2v) is 7.17. The summed E-state index contributed by atoms with van der Waals surface area (Å²) in [7, 11) is 0. The Morgan fingerprint density at radius 1 is 1.17 bits per heavy atom. The van der Waals surface area contributed by atoms with E-state index in [0.717, 1.165) is 18.4 Å². The topological polar surface area (TPSA) is 68.0 Å². The molecule has 0 saturated carbocycles. The predicted octanol–water partition coefficient (Wildman–Crippen LogP) is 3.31. The van der Waals surface area contributed by atoms with Gasteiger partial charge >= 0.3 is 0 Å². The Labute approximate surface area is 141 Å². The van der Waals surface area contributed by atoms with Gasteiger partial charge in [-0.05, 0) is 37.7 Å². The standard InChI is InChI=1S/C18H23N3OS/c19-14(12-13-8-4-3-5-9-13)17(22)21-18-20-15-10-6-1-2-7-11-16(15)23-18/h3-5,8-9,14H,1-2,6-7,10-12,19H2,(H,20,21,22)/t14-/m0/s1. The monoisotopic (exact) mass is 329 g/mol. The average Bonchev–Trinajstić information content (AvgIpc) is 2.89. The molecule has 0 unspecified atom stereocenters. The van der Waals surface area contributed by atoms with E-state index in [1.54, 1.807) is 11.3 Å². The van der Waals surface area contributed by atoms with E-state index in [1.165, 1.54) is 36.3 Å². The van der Waals surface area contributed by atoms with Crippen molar-refractivity contribution in [2.24, 2.45) is 5.73 Å². The van der Waals surface area contributed by atoms with E-state index in [4.69, 9.17) is 5.73 Å².